The van der Waals surface area contributed by atoms with Crippen molar-refractivity contribution in [3.8, 4) is 5.75 Å². The standard InChI is InChI=1S/C20H22N4O5/c1-12-5-7-18(17(9-12)24(26)27)28-11-15-6-8-19(29-15)20(25)21-13(2)16-10-23(4)22-14(16)3/h5-10,13H,11H2,1-4H3,(H,21,25). The molecule has 1 atom stereocenters. The monoisotopic (exact) mass is 398 g/mol. The van der Waals surface area contributed by atoms with Crippen LogP contribution in [-0.4, -0.2) is 20.6 Å². The molecule has 0 aliphatic carbocycles. The van der Waals surface area contributed by atoms with Gasteiger partial charge in [-0.1, -0.05) is 6.07 Å². The van der Waals surface area contributed by atoms with Crippen LogP contribution in [0.25, 0.3) is 0 Å². The number of nitro benzene ring substituents is 1. The first-order chi connectivity index (χ1) is 13.7. The van der Waals surface area contributed by atoms with Crippen molar-refractivity contribution in [1.82, 2.24) is 15.1 Å². The maximum Gasteiger partial charge on any atom is 0.311 e. The Morgan fingerprint density at radius 3 is 2.76 bits per heavy atom. The number of benzene rings is 1. The number of amides is 1. The van der Waals surface area contributed by atoms with E-state index < -0.39 is 4.92 Å². The zero-order valence-corrected chi connectivity index (χ0v) is 16.6. The predicted molar refractivity (Wildman–Crippen MR) is 105 cm³/mol. The molecule has 2 aromatic heterocycles. The van der Waals surface area contributed by atoms with Gasteiger partial charge >= 0.3 is 5.69 Å². The molecule has 29 heavy (non-hydrogen) atoms. The second-order valence-corrected chi connectivity index (χ2v) is 6.82. The summed E-state index contributed by atoms with van der Waals surface area (Å²) in [6, 6.07) is 7.62. The first kappa shape index (κ1) is 20.1. The van der Waals surface area contributed by atoms with Gasteiger partial charge in [-0.2, -0.15) is 5.10 Å². The van der Waals surface area contributed by atoms with Gasteiger partial charge in [0.25, 0.3) is 5.91 Å². The van der Waals surface area contributed by atoms with Crippen LogP contribution in [0.1, 0.15) is 46.1 Å². The zero-order valence-electron chi connectivity index (χ0n) is 16.6. The van der Waals surface area contributed by atoms with Crippen molar-refractivity contribution >= 4 is 11.6 Å². The first-order valence-electron chi connectivity index (χ1n) is 9.02. The van der Waals surface area contributed by atoms with Gasteiger partial charge in [0.1, 0.15) is 12.4 Å². The topological polar surface area (TPSA) is 112 Å². The Kier molecular flexibility index (Phi) is 5.67. The summed E-state index contributed by atoms with van der Waals surface area (Å²) in [6.45, 7) is 5.48. The van der Waals surface area contributed by atoms with E-state index in [1.807, 2.05) is 27.1 Å². The van der Waals surface area contributed by atoms with E-state index in [2.05, 4.69) is 10.4 Å². The van der Waals surface area contributed by atoms with Crippen molar-refractivity contribution in [2.75, 3.05) is 0 Å². The lowest BCUT2D eigenvalue weighted by molar-refractivity contribution is -0.386. The highest BCUT2D eigenvalue weighted by molar-refractivity contribution is 5.91. The number of nitrogens with one attached hydrogen (secondary N) is 1. The van der Waals surface area contributed by atoms with Gasteiger partial charge in [0, 0.05) is 24.9 Å². The molecule has 1 aromatic carbocycles. The van der Waals surface area contributed by atoms with E-state index in [0.29, 0.717) is 5.76 Å². The van der Waals surface area contributed by atoms with Crippen LogP contribution in [0.4, 0.5) is 5.69 Å². The number of hydrogen-bond donors (Lipinski definition) is 1. The molecule has 1 N–H and O–H groups in total. The van der Waals surface area contributed by atoms with E-state index in [1.54, 1.807) is 35.9 Å². The Morgan fingerprint density at radius 2 is 2.10 bits per heavy atom. The minimum absolute atomic E-state index is 0.0333. The molecule has 0 fully saturated rings. The van der Waals surface area contributed by atoms with Gasteiger partial charge in [0.05, 0.1) is 16.7 Å². The molecule has 0 bridgehead atoms. The highest BCUT2D eigenvalue weighted by atomic mass is 16.6. The van der Waals surface area contributed by atoms with Crippen molar-refractivity contribution < 1.29 is 18.9 Å². The molecule has 9 heteroatoms. The highest BCUT2D eigenvalue weighted by Crippen LogP contribution is 2.28. The van der Waals surface area contributed by atoms with Gasteiger partial charge < -0.3 is 14.5 Å². The van der Waals surface area contributed by atoms with Crippen LogP contribution < -0.4 is 10.1 Å². The van der Waals surface area contributed by atoms with Crippen molar-refractivity contribution in [2.24, 2.45) is 7.05 Å². The van der Waals surface area contributed by atoms with E-state index in [0.717, 1.165) is 16.8 Å². The van der Waals surface area contributed by atoms with Gasteiger partial charge in [-0.15, -0.1) is 0 Å². The summed E-state index contributed by atoms with van der Waals surface area (Å²) >= 11 is 0. The first-order valence-corrected chi connectivity index (χ1v) is 9.02. The number of furan rings is 1. The number of carbonyl (C=O) groups excluding carboxylic acids is 1. The molecule has 0 saturated carbocycles. The average molecular weight is 398 g/mol. The fourth-order valence-electron chi connectivity index (χ4n) is 3.01. The molecule has 152 valence electrons. The number of rotatable bonds is 7. The molecule has 1 unspecified atom stereocenters. The van der Waals surface area contributed by atoms with Gasteiger partial charge in [0.15, 0.2) is 11.5 Å². The van der Waals surface area contributed by atoms with Crippen molar-refractivity contribution in [3.05, 3.63) is 75.0 Å². The van der Waals surface area contributed by atoms with E-state index in [1.165, 1.54) is 6.07 Å². The van der Waals surface area contributed by atoms with Crippen molar-refractivity contribution in [1.29, 1.82) is 0 Å². The molecule has 2 heterocycles. The SMILES string of the molecule is Cc1ccc(OCc2ccc(C(=O)NC(C)c3cn(C)nc3C)o2)c([N+](=O)[O-])c1. The Labute approximate surface area is 167 Å². The number of nitrogens with zero attached hydrogens (tertiary/aromatic N) is 3. The van der Waals surface area contributed by atoms with Crippen molar-refractivity contribution in [3.63, 3.8) is 0 Å². The van der Waals surface area contributed by atoms with Crippen LogP contribution in [0.5, 0.6) is 5.75 Å². The number of hydrogen-bond acceptors (Lipinski definition) is 6. The Hall–Kier alpha value is -3.62. The van der Waals surface area contributed by atoms with E-state index >= 15 is 0 Å². The summed E-state index contributed by atoms with van der Waals surface area (Å²) in [7, 11) is 1.82. The Morgan fingerprint density at radius 1 is 1.34 bits per heavy atom. The average Bonchev–Trinajstić information content (AvgIpc) is 3.26. The summed E-state index contributed by atoms with van der Waals surface area (Å²) in [4.78, 5) is 23.1. The van der Waals surface area contributed by atoms with Crippen LogP contribution in [0.15, 0.2) is 40.9 Å². The van der Waals surface area contributed by atoms with Crippen LogP contribution in [-0.2, 0) is 13.7 Å². The molecular formula is C20H22N4O5. The summed E-state index contributed by atoms with van der Waals surface area (Å²) in [5.41, 5.74) is 2.41. The molecule has 9 nitrogen and oxygen atoms in total. The van der Waals surface area contributed by atoms with Crippen LogP contribution in [0.3, 0.4) is 0 Å². The minimum atomic E-state index is -0.495. The number of carbonyl (C=O) groups is 1. The Bertz CT molecular complexity index is 1050. The fraction of sp³-hybridized carbons (Fsp3) is 0.300. The molecule has 0 spiro atoms. The second-order valence-electron chi connectivity index (χ2n) is 6.82. The lowest BCUT2D eigenvalue weighted by Crippen LogP contribution is -2.26. The van der Waals surface area contributed by atoms with Gasteiger partial charge in [-0.25, -0.2) is 0 Å². The molecule has 3 aromatic rings. The van der Waals surface area contributed by atoms with E-state index in [-0.39, 0.29) is 35.8 Å². The van der Waals surface area contributed by atoms with Crippen LogP contribution in [0, 0.1) is 24.0 Å². The third-order valence-corrected chi connectivity index (χ3v) is 4.43. The maximum absolute atomic E-state index is 12.5. The summed E-state index contributed by atoms with van der Waals surface area (Å²) in [5.74, 6) is 0.294. The highest BCUT2D eigenvalue weighted by Gasteiger charge is 2.19. The molecule has 1 amide bonds. The minimum Gasteiger partial charge on any atom is -0.479 e. The normalized spacial score (nSPS) is 11.9. The number of aryl methyl sites for hydroxylation is 3. The maximum atomic E-state index is 12.5. The van der Waals surface area contributed by atoms with Gasteiger partial charge in [0.2, 0.25) is 0 Å². The largest absolute Gasteiger partial charge is 0.479 e. The molecule has 0 radical (unpaired) electrons. The quantitative estimate of drug-likeness (QED) is 0.481. The number of ether oxygens (including phenoxy) is 1. The lowest BCUT2D eigenvalue weighted by atomic mass is 10.1. The van der Waals surface area contributed by atoms with Crippen molar-refractivity contribution in [2.45, 2.75) is 33.4 Å². The van der Waals surface area contributed by atoms with E-state index in [4.69, 9.17) is 9.15 Å². The zero-order chi connectivity index (χ0) is 21.1. The lowest BCUT2D eigenvalue weighted by Gasteiger charge is -2.12. The molecular weight excluding hydrogens is 376 g/mol. The fourth-order valence-corrected chi connectivity index (χ4v) is 3.01. The van der Waals surface area contributed by atoms with Crippen LogP contribution >= 0.6 is 0 Å². The summed E-state index contributed by atoms with van der Waals surface area (Å²) in [5, 5.41) is 18.3. The molecule has 3 rings (SSSR count). The predicted octanol–water partition coefficient (Wildman–Crippen LogP) is 3.61. The molecule has 0 aliphatic heterocycles. The van der Waals surface area contributed by atoms with Gasteiger partial charge in [-0.05, 0) is 44.5 Å². The molecule has 0 saturated heterocycles. The second kappa shape index (κ2) is 8.17. The summed E-state index contributed by atoms with van der Waals surface area (Å²) < 4.78 is 12.8. The van der Waals surface area contributed by atoms with Gasteiger partial charge in [-0.3, -0.25) is 19.6 Å². The Balaban J connectivity index is 1.64. The summed E-state index contributed by atoms with van der Waals surface area (Å²) in [6.07, 6.45) is 1.86. The number of aromatic nitrogens is 2. The van der Waals surface area contributed by atoms with E-state index in [9.17, 15) is 14.9 Å². The third kappa shape index (κ3) is 4.63. The number of nitro groups is 1. The smallest absolute Gasteiger partial charge is 0.311 e. The third-order valence-electron chi connectivity index (χ3n) is 4.43. The van der Waals surface area contributed by atoms with Crippen LogP contribution in [0.2, 0.25) is 0 Å². The molecule has 0 aliphatic rings.